The number of urea groups is 1. The minimum absolute atomic E-state index is 0.281. The van der Waals surface area contributed by atoms with Crippen LogP contribution in [-0.2, 0) is 18.6 Å². The van der Waals surface area contributed by atoms with Crippen LogP contribution in [0.15, 0.2) is 89.1 Å². The molecule has 40 heavy (non-hydrogen) atoms. The predicted octanol–water partition coefficient (Wildman–Crippen LogP) is 4.50. The zero-order valence-corrected chi connectivity index (χ0v) is 22.4. The van der Waals surface area contributed by atoms with Gasteiger partial charge in [-0.1, -0.05) is 36.4 Å². The van der Waals surface area contributed by atoms with Gasteiger partial charge in [0, 0.05) is 0 Å². The number of ether oxygens (including phenoxy) is 3. The molecule has 10 heteroatoms. The Hall–Kier alpha value is -5.12. The van der Waals surface area contributed by atoms with E-state index in [-0.39, 0.29) is 6.03 Å². The van der Waals surface area contributed by atoms with E-state index in [0.29, 0.717) is 36.2 Å². The van der Waals surface area contributed by atoms with Crippen LogP contribution in [0.2, 0.25) is 0 Å². The number of methoxy groups -OCH3 is 3. The van der Waals surface area contributed by atoms with E-state index in [9.17, 15) is 4.79 Å². The fourth-order valence-electron chi connectivity index (χ4n) is 5.11. The number of benzene rings is 3. The molecule has 0 saturated carbocycles. The van der Waals surface area contributed by atoms with Crippen molar-refractivity contribution in [2.45, 2.75) is 18.6 Å². The molecule has 0 radical (unpaired) electrons. The van der Waals surface area contributed by atoms with Gasteiger partial charge >= 0.3 is 6.03 Å². The number of rotatable bonds is 8. The topological polar surface area (TPSA) is 103 Å². The van der Waals surface area contributed by atoms with Gasteiger partial charge in [-0.15, -0.1) is 0 Å². The summed E-state index contributed by atoms with van der Waals surface area (Å²) in [6.07, 6.45) is 3.24. The van der Waals surface area contributed by atoms with Gasteiger partial charge in [-0.05, 0) is 53.1 Å². The highest BCUT2D eigenvalue weighted by atomic mass is 16.5. The summed E-state index contributed by atoms with van der Waals surface area (Å²) < 4.78 is 17.9. The van der Waals surface area contributed by atoms with E-state index in [4.69, 9.17) is 29.2 Å². The van der Waals surface area contributed by atoms with Crippen LogP contribution < -0.4 is 19.5 Å². The number of aromatic nitrogens is 2. The fraction of sp³-hybridized carbons (Fsp3) is 0.200. The number of hydrogen-bond donors (Lipinski definition) is 1. The molecule has 1 unspecified atom stereocenters. The smallest absolute Gasteiger partial charge is 0.324 e. The van der Waals surface area contributed by atoms with E-state index >= 15 is 0 Å². The van der Waals surface area contributed by atoms with E-state index in [2.05, 4.69) is 5.32 Å². The first-order valence-corrected chi connectivity index (χ1v) is 12.7. The molecule has 10 nitrogen and oxygen atoms in total. The van der Waals surface area contributed by atoms with E-state index in [1.165, 1.54) is 6.34 Å². The maximum absolute atomic E-state index is 13.6. The molecule has 1 fully saturated rings. The third kappa shape index (κ3) is 4.23. The van der Waals surface area contributed by atoms with E-state index < -0.39 is 5.54 Å². The number of fused-ring (bicyclic) bond motifs is 3. The number of aliphatic imine (C=N–C) groups is 2. The zero-order chi connectivity index (χ0) is 27.7. The summed E-state index contributed by atoms with van der Waals surface area (Å²) in [7, 11) is 4.88. The molecule has 6 rings (SSSR count). The molecular formula is C30H28N6O4. The second-order valence-electron chi connectivity index (χ2n) is 9.43. The van der Waals surface area contributed by atoms with Gasteiger partial charge in [0.25, 0.3) is 0 Å². The van der Waals surface area contributed by atoms with Crippen molar-refractivity contribution in [3.8, 4) is 17.2 Å². The summed E-state index contributed by atoms with van der Waals surface area (Å²) in [4.78, 5) is 29.5. The maximum atomic E-state index is 13.6. The lowest BCUT2D eigenvalue weighted by atomic mass is 9.85. The van der Waals surface area contributed by atoms with Gasteiger partial charge in [-0.3, -0.25) is 4.90 Å². The van der Waals surface area contributed by atoms with Crippen LogP contribution in [0.5, 0.6) is 17.2 Å². The van der Waals surface area contributed by atoms with E-state index in [1.54, 1.807) is 32.6 Å². The SMILES string of the molecule is COc1ccc(CN2C(=O)NC3(c4ccc(OC)cc4)C2=NC=Nc2c3ncn2Cc2ccc(OC)cc2)cc1. The lowest BCUT2D eigenvalue weighted by Crippen LogP contribution is -2.45. The molecular weight excluding hydrogens is 508 g/mol. The van der Waals surface area contributed by atoms with Crippen molar-refractivity contribution in [1.29, 1.82) is 0 Å². The first-order chi connectivity index (χ1) is 19.5. The van der Waals surface area contributed by atoms with Crippen molar-refractivity contribution in [3.05, 3.63) is 102 Å². The Morgan fingerprint density at radius 3 is 1.90 bits per heavy atom. The Balaban J connectivity index is 1.44. The summed E-state index contributed by atoms with van der Waals surface area (Å²) in [5.41, 5.74) is 2.20. The number of carbonyl (C=O) groups excluding carboxylic acids is 1. The summed E-state index contributed by atoms with van der Waals surface area (Å²) >= 11 is 0. The number of nitrogens with one attached hydrogen (secondary N) is 1. The first kappa shape index (κ1) is 25.2. The maximum Gasteiger partial charge on any atom is 0.324 e. The highest BCUT2D eigenvalue weighted by Crippen LogP contribution is 2.42. The van der Waals surface area contributed by atoms with Crippen molar-refractivity contribution in [3.63, 3.8) is 0 Å². The molecule has 0 bridgehead atoms. The molecule has 2 aliphatic heterocycles. The standard InChI is InChI=1S/C30H28N6O4/c1-38-23-10-4-20(5-11-23)16-35-19-33-26-27(35)31-18-32-28-30(26,22-8-14-25(40-3)15-9-22)34-29(37)36(28)17-21-6-12-24(39-2)13-7-21/h4-15,18-19H,16-17H2,1-3H3,(H,34,37). The highest BCUT2D eigenvalue weighted by molar-refractivity contribution is 6.15. The van der Waals surface area contributed by atoms with Crippen LogP contribution >= 0.6 is 0 Å². The van der Waals surface area contributed by atoms with Crippen LogP contribution in [0.3, 0.4) is 0 Å². The van der Waals surface area contributed by atoms with Gasteiger partial charge in [-0.25, -0.2) is 19.8 Å². The quantitative estimate of drug-likeness (QED) is 0.357. The van der Waals surface area contributed by atoms with Crippen LogP contribution in [0.1, 0.15) is 22.4 Å². The summed E-state index contributed by atoms with van der Waals surface area (Å²) in [5, 5.41) is 3.22. The fourth-order valence-corrected chi connectivity index (χ4v) is 5.11. The van der Waals surface area contributed by atoms with Gasteiger partial charge in [0.05, 0.1) is 40.7 Å². The van der Waals surface area contributed by atoms with Crippen LogP contribution in [0.4, 0.5) is 10.6 Å². The molecule has 1 aromatic heterocycles. The molecule has 3 aromatic carbocycles. The van der Waals surface area contributed by atoms with Gasteiger partial charge in [0.15, 0.2) is 17.2 Å². The Kier molecular flexibility index (Phi) is 6.43. The monoisotopic (exact) mass is 536 g/mol. The largest absolute Gasteiger partial charge is 0.497 e. The third-order valence-electron chi connectivity index (χ3n) is 7.19. The number of amides is 2. The molecule has 0 spiro atoms. The summed E-state index contributed by atoms with van der Waals surface area (Å²) in [6, 6.07) is 22.7. The lowest BCUT2D eigenvalue weighted by Gasteiger charge is -2.28. The number of amidine groups is 1. The van der Waals surface area contributed by atoms with Crippen molar-refractivity contribution in [1.82, 2.24) is 19.8 Å². The van der Waals surface area contributed by atoms with Crippen LogP contribution in [0.25, 0.3) is 0 Å². The van der Waals surface area contributed by atoms with Gasteiger partial charge < -0.3 is 24.1 Å². The Labute approximate surface area is 231 Å². The molecule has 202 valence electrons. The van der Waals surface area contributed by atoms with Gasteiger partial charge in [0.1, 0.15) is 29.3 Å². The van der Waals surface area contributed by atoms with Crippen LogP contribution in [0, 0.1) is 0 Å². The minimum Gasteiger partial charge on any atom is -0.497 e. The van der Waals surface area contributed by atoms with E-state index in [0.717, 1.165) is 28.2 Å². The third-order valence-corrected chi connectivity index (χ3v) is 7.19. The first-order valence-electron chi connectivity index (χ1n) is 12.7. The summed E-state index contributed by atoms with van der Waals surface area (Å²) in [6.45, 7) is 0.837. The van der Waals surface area contributed by atoms with E-state index in [1.807, 2.05) is 77.4 Å². The number of imidazole rings is 1. The molecule has 1 N–H and O–H groups in total. The lowest BCUT2D eigenvalue weighted by molar-refractivity contribution is 0.225. The minimum atomic E-state index is -1.16. The normalized spacial score (nSPS) is 17.4. The van der Waals surface area contributed by atoms with Crippen molar-refractivity contribution >= 4 is 24.0 Å². The van der Waals surface area contributed by atoms with Crippen molar-refractivity contribution in [2.24, 2.45) is 9.98 Å². The second-order valence-corrected chi connectivity index (χ2v) is 9.43. The molecule has 2 aliphatic rings. The average molecular weight is 537 g/mol. The Morgan fingerprint density at radius 1 is 0.775 bits per heavy atom. The molecule has 0 aliphatic carbocycles. The Bertz CT molecular complexity index is 1590. The number of nitrogens with zero attached hydrogens (tertiary/aromatic N) is 5. The summed E-state index contributed by atoms with van der Waals surface area (Å²) in [5.74, 6) is 3.34. The van der Waals surface area contributed by atoms with Gasteiger partial charge in [-0.2, -0.15) is 0 Å². The van der Waals surface area contributed by atoms with Crippen molar-refractivity contribution < 1.29 is 19.0 Å². The Morgan fingerprint density at radius 2 is 1.32 bits per heavy atom. The number of carbonyl (C=O) groups is 1. The molecule has 2 amide bonds. The predicted molar refractivity (Wildman–Crippen MR) is 151 cm³/mol. The van der Waals surface area contributed by atoms with Crippen molar-refractivity contribution in [2.75, 3.05) is 21.3 Å². The molecule has 1 saturated heterocycles. The highest BCUT2D eigenvalue weighted by Gasteiger charge is 2.55. The van der Waals surface area contributed by atoms with Crippen LogP contribution in [-0.4, -0.2) is 54.0 Å². The zero-order valence-electron chi connectivity index (χ0n) is 22.4. The molecule has 3 heterocycles. The molecule has 4 aromatic rings. The number of hydrogen-bond acceptors (Lipinski definition) is 7. The second kappa shape index (κ2) is 10.2. The molecule has 1 atom stereocenters. The average Bonchev–Trinajstić information content (AvgIpc) is 3.46. The van der Waals surface area contributed by atoms with Gasteiger partial charge in [0.2, 0.25) is 0 Å².